The van der Waals surface area contributed by atoms with Crippen molar-refractivity contribution in [2.45, 2.75) is 213 Å². The summed E-state index contributed by atoms with van der Waals surface area (Å²) in [6.07, 6.45) is 48.4. The molecule has 3 atom stereocenters. The average Bonchev–Trinajstić information content (AvgIpc) is 3.19. The molecule has 0 saturated carbocycles. The van der Waals surface area contributed by atoms with Gasteiger partial charge in [0.15, 0.2) is 6.10 Å². The van der Waals surface area contributed by atoms with E-state index in [-0.39, 0.29) is 19.4 Å². The molecule has 0 bridgehead atoms. The van der Waals surface area contributed by atoms with Gasteiger partial charge >= 0.3 is 19.8 Å². The van der Waals surface area contributed by atoms with Gasteiger partial charge in [-0.15, -0.1) is 0 Å². The lowest BCUT2D eigenvalue weighted by Crippen LogP contribution is -2.29. The summed E-state index contributed by atoms with van der Waals surface area (Å²) < 4.78 is 26.4. The molecule has 0 amide bonds. The summed E-state index contributed by atoms with van der Waals surface area (Å²) >= 11 is 0. The molecule has 0 rings (SSSR count). The van der Waals surface area contributed by atoms with E-state index < -0.39 is 38.6 Å². The van der Waals surface area contributed by atoms with Crippen LogP contribution in [0.3, 0.4) is 0 Å². The number of unbranched alkanes of at least 4 members (excludes halogenated alkanes) is 18. The molecule has 0 aromatic rings. The molecule has 336 valence electrons. The van der Waals surface area contributed by atoms with Crippen LogP contribution in [0.2, 0.25) is 0 Å². The summed E-state index contributed by atoms with van der Waals surface area (Å²) in [5.74, 6) is -0.0937. The lowest BCUT2D eigenvalue weighted by molar-refractivity contribution is -0.161. The van der Waals surface area contributed by atoms with Crippen LogP contribution in [0, 0.1) is 5.92 Å². The molecule has 9 nitrogen and oxygen atoms in total. The number of allylic oxidation sites excluding steroid dienone is 8. The van der Waals surface area contributed by atoms with Gasteiger partial charge in [-0.25, -0.2) is 4.57 Å². The molecule has 0 aromatic carbocycles. The minimum atomic E-state index is -4.79. The first-order valence-electron chi connectivity index (χ1n) is 23.1. The first-order chi connectivity index (χ1) is 28.1. The molecule has 0 aromatic heterocycles. The molecule has 0 saturated heterocycles. The Balaban J connectivity index is 3.97. The minimum absolute atomic E-state index is 0.101. The molecule has 58 heavy (non-hydrogen) atoms. The van der Waals surface area contributed by atoms with E-state index in [4.69, 9.17) is 19.3 Å². The number of esters is 2. The van der Waals surface area contributed by atoms with Gasteiger partial charge in [0.1, 0.15) is 6.61 Å². The fourth-order valence-corrected chi connectivity index (χ4v) is 6.71. The SMILES string of the molecule is CC/C=C\C/C=C\CC(O)/C=C/C=C\C/C=C\CCCC(=O)O[C@H](COC(=O)CCCCCCCCCCCCCCCCCCCCC(C)CC)COP(=O)(O)O. The number of hydrogen-bond acceptors (Lipinski definition) is 7. The lowest BCUT2D eigenvalue weighted by atomic mass is 9.99. The summed E-state index contributed by atoms with van der Waals surface area (Å²) in [7, 11) is -4.79. The molecule has 0 heterocycles. The maximum absolute atomic E-state index is 12.4. The van der Waals surface area contributed by atoms with E-state index in [2.05, 4.69) is 37.4 Å². The van der Waals surface area contributed by atoms with Crippen molar-refractivity contribution in [3.8, 4) is 0 Å². The minimum Gasteiger partial charge on any atom is -0.462 e. The lowest BCUT2D eigenvalue weighted by Gasteiger charge is -2.18. The van der Waals surface area contributed by atoms with Gasteiger partial charge in [0.25, 0.3) is 0 Å². The molecule has 2 unspecified atom stereocenters. The van der Waals surface area contributed by atoms with Gasteiger partial charge in [-0.1, -0.05) is 204 Å². The molecular formula is C48H85O9P. The smallest absolute Gasteiger partial charge is 0.462 e. The maximum atomic E-state index is 12.4. The highest BCUT2D eigenvalue weighted by molar-refractivity contribution is 7.46. The van der Waals surface area contributed by atoms with Crippen molar-refractivity contribution in [1.82, 2.24) is 0 Å². The zero-order chi connectivity index (χ0) is 42.8. The van der Waals surface area contributed by atoms with Crippen LogP contribution in [-0.2, 0) is 28.2 Å². The summed E-state index contributed by atoms with van der Waals surface area (Å²) in [6, 6.07) is 0. The Bertz CT molecular complexity index is 1160. The zero-order valence-electron chi connectivity index (χ0n) is 37.0. The van der Waals surface area contributed by atoms with Crippen molar-refractivity contribution >= 4 is 19.8 Å². The number of rotatable bonds is 41. The number of carbonyl (C=O) groups is 2. The fourth-order valence-electron chi connectivity index (χ4n) is 6.35. The van der Waals surface area contributed by atoms with Crippen molar-refractivity contribution in [2.24, 2.45) is 5.92 Å². The topological polar surface area (TPSA) is 140 Å². The van der Waals surface area contributed by atoms with Crippen molar-refractivity contribution in [2.75, 3.05) is 13.2 Å². The number of hydrogen-bond donors (Lipinski definition) is 3. The number of aliphatic hydroxyl groups is 1. The quantitative estimate of drug-likeness (QED) is 0.0180. The number of phosphoric ester groups is 1. The van der Waals surface area contributed by atoms with Gasteiger partial charge in [-0.2, -0.15) is 0 Å². The normalized spacial score (nSPS) is 14.1. The second-order valence-electron chi connectivity index (χ2n) is 15.8. The molecular weight excluding hydrogens is 751 g/mol. The van der Waals surface area contributed by atoms with E-state index >= 15 is 0 Å². The molecule has 0 aliphatic carbocycles. The predicted octanol–water partition coefficient (Wildman–Crippen LogP) is 13.3. The maximum Gasteiger partial charge on any atom is 0.469 e. The number of aliphatic hydroxyl groups excluding tert-OH is 1. The second kappa shape index (κ2) is 41.4. The van der Waals surface area contributed by atoms with E-state index in [1.165, 1.54) is 103 Å². The Kier molecular flexibility index (Phi) is 39.8. The Morgan fingerprint density at radius 2 is 1.12 bits per heavy atom. The van der Waals surface area contributed by atoms with Crippen LogP contribution >= 0.6 is 7.82 Å². The van der Waals surface area contributed by atoms with E-state index in [1.807, 2.05) is 42.5 Å². The van der Waals surface area contributed by atoms with Gasteiger partial charge in [0, 0.05) is 12.8 Å². The van der Waals surface area contributed by atoms with E-state index in [0.717, 1.165) is 38.0 Å². The Morgan fingerprint density at radius 1 is 0.603 bits per heavy atom. The van der Waals surface area contributed by atoms with Crippen LogP contribution in [-0.4, -0.2) is 52.3 Å². The van der Waals surface area contributed by atoms with Crippen LogP contribution in [0.5, 0.6) is 0 Å². The first-order valence-corrected chi connectivity index (χ1v) is 24.6. The van der Waals surface area contributed by atoms with E-state index in [0.29, 0.717) is 32.1 Å². The highest BCUT2D eigenvalue weighted by Gasteiger charge is 2.22. The Morgan fingerprint density at radius 3 is 1.69 bits per heavy atom. The highest BCUT2D eigenvalue weighted by Crippen LogP contribution is 2.36. The van der Waals surface area contributed by atoms with Crippen LogP contribution in [0.4, 0.5) is 0 Å². The average molecular weight is 837 g/mol. The molecule has 0 radical (unpaired) electrons. The standard InChI is InChI=1S/C48H85O9P/c1-4-6-7-8-28-33-38-45(49)39-34-29-24-21-22-26-31-36-41-48(51)57-46(43-56-58(52,53)54)42-55-47(50)40-35-30-25-20-18-16-14-12-10-9-11-13-15-17-19-23-27-32-37-44(3)5-2/h6-7,22,24,26,28-29,33-34,39,44-46,49H,4-5,8-21,23,25,27,30-32,35-38,40-43H2,1-3H3,(H2,52,53,54)/b7-6-,26-22-,29-24-,33-28-,39-34+/t44?,45?,46-/m1/s1. The molecule has 0 aliphatic rings. The van der Waals surface area contributed by atoms with Crippen LogP contribution in [0.1, 0.15) is 201 Å². The zero-order valence-corrected chi connectivity index (χ0v) is 37.9. The van der Waals surface area contributed by atoms with Crippen molar-refractivity contribution in [3.63, 3.8) is 0 Å². The highest BCUT2D eigenvalue weighted by atomic mass is 31.2. The third kappa shape index (κ3) is 43.3. The molecule has 0 spiro atoms. The third-order valence-electron chi connectivity index (χ3n) is 10.2. The molecule has 10 heteroatoms. The van der Waals surface area contributed by atoms with Crippen LogP contribution in [0.15, 0.2) is 60.8 Å². The van der Waals surface area contributed by atoms with Crippen molar-refractivity contribution in [3.05, 3.63) is 60.8 Å². The Hall–Kier alpha value is -2.29. The van der Waals surface area contributed by atoms with Gasteiger partial charge < -0.3 is 24.4 Å². The number of ether oxygens (including phenoxy) is 2. The first kappa shape index (κ1) is 55.7. The van der Waals surface area contributed by atoms with E-state index in [9.17, 15) is 19.3 Å². The summed E-state index contributed by atoms with van der Waals surface area (Å²) in [6.45, 7) is 5.86. The number of phosphoric acid groups is 1. The summed E-state index contributed by atoms with van der Waals surface area (Å²) in [5.41, 5.74) is 0. The summed E-state index contributed by atoms with van der Waals surface area (Å²) in [4.78, 5) is 42.9. The fraction of sp³-hybridized carbons (Fsp3) is 0.750. The van der Waals surface area contributed by atoms with Crippen molar-refractivity contribution < 1.29 is 43.0 Å². The predicted molar refractivity (Wildman–Crippen MR) is 240 cm³/mol. The van der Waals surface area contributed by atoms with E-state index in [1.54, 1.807) is 6.08 Å². The molecule has 0 fully saturated rings. The number of carbonyl (C=O) groups excluding carboxylic acids is 2. The van der Waals surface area contributed by atoms with Gasteiger partial charge in [-0.05, 0) is 50.9 Å². The van der Waals surface area contributed by atoms with Gasteiger partial charge in [0.2, 0.25) is 0 Å². The third-order valence-corrected chi connectivity index (χ3v) is 10.7. The van der Waals surface area contributed by atoms with Crippen molar-refractivity contribution in [1.29, 1.82) is 0 Å². The Labute approximate surface area is 354 Å². The largest absolute Gasteiger partial charge is 0.469 e. The summed E-state index contributed by atoms with van der Waals surface area (Å²) in [5, 5.41) is 9.99. The monoisotopic (exact) mass is 837 g/mol. The molecule has 3 N–H and O–H groups in total. The van der Waals surface area contributed by atoms with Crippen LogP contribution in [0.25, 0.3) is 0 Å². The second-order valence-corrected chi connectivity index (χ2v) is 17.0. The van der Waals surface area contributed by atoms with Gasteiger partial charge in [0.05, 0.1) is 12.7 Å². The molecule has 0 aliphatic heterocycles. The van der Waals surface area contributed by atoms with Gasteiger partial charge in [-0.3, -0.25) is 14.1 Å². The van der Waals surface area contributed by atoms with Crippen LogP contribution < -0.4 is 0 Å².